The minimum absolute atomic E-state index is 0. The Hall–Kier alpha value is -3.17. The number of alkyl halides is 3. The molecule has 3 aromatic heterocycles. The summed E-state index contributed by atoms with van der Waals surface area (Å²) in [6.45, 7) is 6.51. The molecule has 0 unspecified atom stereocenters. The molecule has 0 bridgehead atoms. The third-order valence-corrected chi connectivity index (χ3v) is 4.01. The van der Waals surface area contributed by atoms with Crippen LogP contribution in [0.25, 0.3) is 22.8 Å². The quantitative estimate of drug-likeness (QED) is 0.307. The number of rotatable bonds is 4. The van der Waals surface area contributed by atoms with Gasteiger partial charge in [-0.1, -0.05) is 6.07 Å². The van der Waals surface area contributed by atoms with Gasteiger partial charge in [0.05, 0.1) is 18.0 Å². The predicted octanol–water partition coefficient (Wildman–Crippen LogP) is 4.47. The van der Waals surface area contributed by atoms with Crippen molar-refractivity contribution in [1.82, 2.24) is 30.1 Å². The van der Waals surface area contributed by atoms with Crippen LogP contribution < -0.4 is 9.84 Å². The van der Waals surface area contributed by atoms with E-state index in [1.165, 1.54) is 12.3 Å². The molecule has 11 heteroatoms. The molecule has 0 aliphatic heterocycles. The van der Waals surface area contributed by atoms with Crippen molar-refractivity contribution in [2.24, 2.45) is 0 Å². The average molecular weight is 633 g/mol. The number of aryl methyl sites for hydroxylation is 2. The van der Waals surface area contributed by atoms with E-state index in [4.69, 9.17) is 4.74 Å². The first-order valence-corrected chi connectivity index (χ1v) is 9.59. The maximum Gasteiger partial charge on any atom is 0.429 e. The fraction of sp³-hybridized carbons (Fsp3) is 0.227. The van der Waals surface area contributed by atoms with Crippen molar-refractivity contribution in [2.75, 3.05) is 6.61 Å². The van der Waals surface area contributed by atoms with Gasteiger partial charge in [-0.25, -0.2) is 0 Å². The van der Waals surface area contributed by atoms with Crippen molar-refractivity contribution in [3.05, 3.63) is 72.1 Å². The zero-order chi connectivity index (χ0) is 23.1. The van der Waals surface area contributed by atoms with Crippen LogP contribution in [0.1, 0.15) is 24.1 Å². The molecule has 0 aliphatic carbocycles. The molecule has 0 atom stereocenters. The summed E-state index contributed by atoms with van der Waals surface area (Å²) in [6, 6.07) is 13.6. The number of benzene rings is 1. The van der Waals surface area contributed by atoms with E-state index in [1.807, 2.05) is 39.0 Å². The molecule has 0 spiro atoms. The molecule has 33 heavy (non-hydrogen) atoms. The molecule has 4 rings (SSSR count). The topological polar surface area (TPSA) is 87.8 Å². The van der Waals surface area contributed by atoms with Crippen molar-refractivity contribution in [1.29, 1.82) is 0 Å². The molecule has 0 amide bonds. The molecule has 0 aliphatic rings. The number of nitrogens with zero attached hydrogens (tertiary/aromatic N) is 6. The molecule has 0 N–H and O–H groups in total. The van der Waals surface area contributed by atoms with Gasteiger partial charge in [-0.3, -0.25) is 15.1 Å². The predicted molar refractivity (Wildman–Crippen MR) is 111 cm³/mol. The summed E-state index contributed by atoms with van der Waals surface area (Å²) >= 11 is 0. The van der Waals surface area contributed by atoms with Gasteiger partial charge in [0.15, 0.2) is 0 Å². The molecule has 7 nitrogen and oxygen atoms in total. The second kappa shape index (κ2) is 11.6. The molecule has 0 saturated carbocycles. The number of hydrogen-bond acceptors (Lipinski definition) is 6. The molecule has 175 valence electrons. The van der Waals surface area contributed by atoms with Crippen molar-refractivity contribution >= 4 is 0 Å². The van der Waals surface area contributed by atoms with E-state index in [-0.39, 0.29) is 31.6 Å². The SMILES string of the molecule is CCOc1cc[c-]c(-c2ncc(C)nc2C)c1.FC(F)(F)c1n[n-]c(-c2ccccn2)n1.[Ir]. The maximum absolute atomic E-state index is 12.1. The first-order valence-electron chi connectivity index (χ1n) is 9.59. The molecule has 1 radical (unpaired) electrons. The second-order valence-electron chi connectivity index (χ2n) is 6.49. The van der Waals surface area contributed by atoms with Gasteiger partial charge in [0, 0.05) is 49.6 Å². The number of halogens is 3. The molecular formula is C22H19F3IrN6O-2. The zero-order valence-corrected chi connectivity index (χ0v) is 20.3. The summed E-state index contributed by atoms with van der Waals surface area (Å²) in [7, 11) is 0. The maximum atomic E-state index is 12.1. The minimum atomic E-state index is -4.57. The first-order chi connectivity index (χ1) is 15.3. The van der Waals surface area contributed by atoms with Crippen LogP contribution in [0.5, 0.6) is 5.75 Å². The van der Waals surface area contributed by atoms with Gasteiger partial charge >= 0.3 is 6.18 Å². The summed E-state index contributed by atoms with van der Waals surface area (Å²) in [5.41, 5.74) is 3.88. The Morgan fingerprint density at radius 2 is 1.88 bits per heavy atom. The normalized spacial score (nSPS) is 10.6. The molecular weight excluding hydrogens is 613 g/mol. The largest absolute Gasteiger partial charge is 0.513 e. The number of ether oxygens (including phenoxy) is 1. The van der Waals surface area contributed by atoms with E-state index in [0.717, 1.165) is 28.4 Å². The van der Waals surface area contributed by atoms with E-state index in [9.17, 15) is 13.2 Å². The Morgan fingerprint density at radius 1 is 1.09 bits per heavy atom. The Balaban J connectivity index is 0.000000228. The Bertz CT molecular complexity index is 1170. The van der Waals surface area contributed by atoms with E-state index in [1.54, 1.807) is 18.3 Å². The van der Waals surface area contributed by atoms with Crippen molar-refractivity contribution in [3.63, 3.8) is 0 Å². The Labute approximate surface area is 202 Å². The average Bonchev–Trinajstić information content (AvgIpc) is 3.26. The van der Waals surface area contributed by atoms with Gasteiger partial charge in [0.25, 0.3) is 0 Å². The molecule has 1 aromatic carbocycles. The zero-order valence-electron chi connectivity index (χ0n) is 17.9. The minimum Gasteiger partial charge on any atom is -0.513 e. The van der Waals surface area contributed by atoms with Crippen LogP contribution in [0.2, 0.25) is 0 Å². The van der Waals surface area contributed by atoms with E-state index < -0.39 is 12.0 Å². The molecule has 0 saturated heterocycles. The van der Waals surface area contributed by atoms with E-state index in [2.05, 4.69) is 36.2 Å². The second-order valence-corrected chi connectivity index (χ2v) is 6.49. The summed E-state index contributed by atoms with van der Waals surface area (Å²) < 4.78 is 41.9. The summed E-state index contributed by atoms with van der Waals surface area (Å²) in [5.74, 6) is -0.533. The van der Waals surface area contributed by atoms with Crippen LogP contribution in [-0.2, 0) is 26.3 Å². The van der Waals surface area contributed by atoms with Crippen LogP contribution >= 0.6 is 0 Å². The summed E-state index contributed by atoms with van der Waals surface area (Å²) in [4.78, 5) is 15.9. The number of pyridine rings is 1. The van der Waals surface area contributed by atoms with E-state index in [0.29, 0.717) is 6.61 Å². The fourth-order valence-corrected chi connectivity index (χ4v) is 2.66. The van der Waals surface area contributed by atoms with Crippen molar-refractivity contribution in [3.8, 4) is 28.5 Å². The molecule has 3 heterocycles. The van der Waals surface area contributed by atoms with Gasteiger partial charge < -0.3 is 19.8 Å². The van der Waals surface area contributed by atoms with Gasteiger partial charge in [-0.2, -0.15) is 13.2 Å². The monoisotopic (exact) mass is 633 g/mol. The Morgan fingerprint density at radius 3 is 2.48 bits per heavy atom. The molecule has 0 fully saturated rings. The smallest absolute Gasteiger partial charge is 0.429 e. The van der Waals surface area contributed by atoms with Crippen molar-refractivity contribution < 1.29 is 38.0 Å². The first kappa shape index (κ1) is 26.1. The third kappa shape index (κ3) is 7.16. The standard InChI is InChI=1S/C14H15N2O.C8H4F3N4.Ir/c1-4-17-13-7-5-6-12(8-13)14-11(3)16-10(2)9-15-14;9-8(10,11)7-13-6(14-15-7)5-3-1-2-4-12-5;/h5,7-9H,4H2,1-3H3;1-4H;/q2*-1;. The van der Waals surface area contributed by atoms with Gasteiger partial charge in [-0.15, -0.1) is 29.8 Å². The Kier molecular flexibility index (Phi) is 9.19. The van der Waals surface area contributed by atoms with Gasteiger partial charge in [0.1, 0.15) is 5.82 Å². The van der Waals surface area contributed by atoms with Crippen LogP contribution in [0, 0.1) is 19.9 Å². The molecule has 4 aromatic rings. The third-order valence-electron chi connectivity index (χ3n) is 4.01. The van der Waals surface area contributed by atoms with Gasteiger partial charge in [0.2, 0.25) is 0 Å². The van der Waals surface area contributed by atoms with Crippen LogP contribution in [0.4, 0.5) is 13.2 Å². The number of hydrogen-bond donors (Lipinski definition) is 0. The van der Waals surface area contributed by atoms with Crippen LogP contribution in [0.3, 0.4) is 0 Å². The van der Waals surface area contributed by atoms with E-state index >= 15 is 0 Å². The summed E-state index contributed by atoms with van der Waals surface area (Å²) in [6.07, 6.45) is -1.36. The number of aromatic nitrogens is 6. The summed E-state index contributed by atoms with van der Waals surface area (Å²) in [5, 5.41) is 6.25. The van der Waals surface area contributed by atoms with Crippen molar-refractivity contribution in [2.45, 2.75) is 26.9 Å². The van der Waals surface area contributed by atoms with Crippen LogP contribution in [0.15, 0.2) is 48.8 Å². The van der Waals surface area contributed by atoms with Gasteiger partial charge in [-0.05, 0) is 38.7 Å². The fourth-order valence-electron chi connectivity index (χ4n) is 2.66. The van der Waals surface area contributed by atoms with Crippen LogP contribution in [-0.4, -0.2) is 31.6 Å².